The van der Waals surface area contributed by atoms with E-state index in [9.17, 15) is 4.79 Å². The molecule has 0 heterocycles. The molecule has 1 amide bonds. The molecule has 2 atom stereocenters. The predicted molar refractivity (Wildman–Crippen MR) is 78.7 cm³/mol. The van der Waals surface area contributed by atoms with E-state index in [2.05, 4.69) is 36.9 Å². The van der Waals surface area contributed by atoms with E-state index in [1.807, 2.05) is 31.3 Å². The summed E-state index contributed by atoms with van der Waals surface area (Å²) in [6.07, 6.45) is 1.07. The number of carbonyl (C=O) groups is 1. The zero-order valence-electron chi connectivity index (χ0n) is 12.3. The molecule has 0 bridgehead atoms. The molecule has 4 nitrogen and oxygen atoms in total. The second-order valence-electron chi connectivity index (χ2n) is 4.95. The Hall–Kier alpha value is -1.39. The van der Waals surface area contributed by atoms with E-state index in [-0.39, 0.29) is 11.9 Å². The molecule has 19 heavy (non-hydrogen) atoms. The molecule has 0 radical (unpaired) electrons. The molecule has 106 valence electrons. The lowest BCUT2D eigenvalue weighted by molar-refractivity contribution is 0.0928. The van der Waals surface area contributed by atoms with Gasteiger partial charge >= 0.3 is 0 Å². The lowest BCUT2D eigenvalue weighted by Crippen LogP contribution is -2.36. The molecule has 0 aliphatic heterocycles. The van der Waals surface area contributed by atoms with Gasteiger partial charge < -0.3 is 5.32 Å². The lowest BCUT2D eigenvalue weighted by Gasteiger charge is -2.19. The second-order valence-corrected chi connectivity index (χ2v) is 4.95. The van der Waals surface area contributed by atoms with Crippen LogP contribution in [0.2, 0.25) is 0 Å². The first-order chi connectivity index (χ1) is 9.08. The molecule has 0 saturated heterocycles. The topological polar surface area (TPSA) is 53.2 Å². The van der Waals surface area contributed by atoms with Crippen molar-refractivity contribution in [1.82, 2.24) is 16.2 Å². The van der Waals surface area contributed by atoms with Gasteiger partial charge in [-0.05, 0) is 37.6 Å². The highest BCUT2D eigenvalue weighted by Gasteiger charge is 2.14. The lowest BCUT2D eigenvalue weighted by atomic mass is 10.0. The van der Waals surface area contributed by atoms with E-state index in [0.717, 1.165) is 18.5 Å². The zero-order chi connectivity index (χ0) is 14.3. The summed E-state index contributed by atoms with van der Waals surface area (Å²) in [7, 11) is 1.83. The molecule has 1 aromatic rings. The van der Waals surface area contributed by atoms with Gasteiger partial charge in [0.25, 0.3) is 5.91 Å². The van der Waals surface area contributed by atoms with Gasteiger partial charge in [-0.15, -0.1) is 0 Å². The Kier molecular flexibility index (Phi) is 6.53. The fourth-order valence-corrected chi connectivity index (χ4v) is 1.75. The molecule has 0 fully saturated rings. The molecule has 0 spiro atoms. The Labute approximate surface area is 115 Å². The maximum absolute atomic E-state index is 12.1. The number of hydrogen-bond acceptors (Lipinski definition) is 3. The minimum Gasteiger partial charge on any atom is -0.349 e. The van der Waals surface area contributed by atoms with Crippen LogP contribution >= 0.6 is 0 Å². The van der Waals surface area contributed by atoms with Gasteiger partial charge in [-0.1, -0.05) is 32.4 Å². The monoisotopic (exact) mass is 263 g/mol. The Morgan fingerprint density at radius 1 is 1.21 bits per heavy atom. The normalized spacial score (nSPS) is 13.9. The van der Waals surface area contributed by atoms with E-state index in [1.54, 1.807) is 0 Å². The van der Waals surface area contributed by atoms with Gasteiger partial charge in [-0.3, -0.25) is 15.6 Å². The number of hydrazine groups is 1. The van der Waals surface area contributed by atoms with E-state index < -0.39 is 0 Å². The smallest absolute Gasteiger partial charge is 0.251 e. The number of benzene rings is 1. The van der Waals surface area contributed by atoms with Crippen molar-refractivity contribution in [3.8, 4) is 0 Å². The van der Waals surface area contributed by atoms with Crippen molar-refractivity contribution < 1.29 is 4.79 Å². The van der Waals surface area contributed by atoms with Crippen LogP contribution in [0.1, 0.15) is 43.1 Å². The zero-order valence-corrected chi connectivity index (χ0v) is 12.3. The Bertz CT molecular complexity index is 389. The van der Waals surface area contributed by atoms with Gasteiger partial charge in [-0.25, -0.2) is 0 Å². The van der Waals surface area contributed by atoms with Crippen LogP contribution in [-0.2, 0) is 6.54 Å². The van der Waals surface area contributed by atoms with E-state index in [0.29, 0.717) is 11.5 Å². The maximum atomic E-state index is 12.1. The average molecular weight is 263 g/mol. The summed E-state index contributed by atoms with van der Waals surface area (Å²) in [5.41, 5.74) is 7.74. The molecule has 0 saturated carbocycles. The van der Waals surface area contributed by atoms with E-state index >= 15 is 0 Å². The average Bonchev–Trinajstić information content (AvgIpc) is 2.44. The van der Waals surface area contributed by atoms with Gasteiger partial charge in [0.15, 0.2) is 0 Å². The van der Waals surface area contributed by atoms with Crippen LogP contribution in [0.5, 0.6) is 0 Å². The van der Waals surface area contributed by atoms with Crippen molar-refractivity contribution in [2.24, 2.45) is 5.92 Å². The highest BCUT2D eigenvalue weighted by molar-refractivity contribution is 5.94. The third-order valence-corrected chi connectivity index (χ3v) is 3.54. The third-order valence-electron chi connectivity index (χ3n) is 3.54. The van der Waals surface area contributed by atoms with Crippen LogP contribution in [0.3, 0.4) is 0 Å². The Morgan fingerprint density at radius 2 is 1.84 bits per heavy atom. The molecule has 2 unspecified atom stereocenters. The Balaban J connectivity index is 2.57. The SMILES string of the molecule is CCC(C)C(C)NC(=O)c1ccc(CNNC)cc1. The number of carbonyl (C=O) groups excluding carboxylic acids is 1. The maximum Gasteiger partial charge on any atom is 0.251 e. The highest BCUT2D eigenvalue weighted by Crippen LogP contribution is 2.09. The van der Waals surface area contributed by atoms with Crippen molar-refractivity contribution in [3.63, 3.8) is 0 Å². The first-order valence-corrected chi connectivity index (χ1v) is 6.87. The Morgan fingerprint density at radius 3 is 2.37 bits per heavy atom. The van der Waals surface area contributed by atoms with Gasteiger partial charge in [-0.2, -0.15) is 0 Å². The molecule has 1 rings (SSSR count). The molecule has 4 heteroatoms. The van der Waals surface area contributed by atoms with Crippen LogP contribution in [0, 0.1) is 5.92 Å². The van der Waals surface area contributed by atoms with Crippen LogP contribution in [0.15, 0.2) is 24.3 Å². The minimum atomic E-state index is 0.000857. The highest BCUT2D eigenvalue weighted by atomic mass is 16.1. The number of nitrogens with one attached hydrogen (secondary N) is 3. The van der Waals surface area contributed by atoms with Gasteiger partial charge in [0, 0.05) is 18.2 Å². The summed E-state index contributed by atoms with van der Waals surface area (Å²) in [6.45, 7) is 7.08. The fraction of sp³-hybridized carbons (Fsp3) is 0.533. The van der Waals surface area contributed by atoms with Crippen molar-refractivity contribution in [2.75, 3.05) is 7.05 Å². The molecule has 0 aliphatic carbocycles. The molecule has 0 aromatic heterocycles. The summed E-state index contributed by atoms with van der Waals surface area (Å²) in [6, 6.07) is 7.86. The van der Waals surface area contributed by atoms with Crippen molar-refractivity contribution in [1.29, 1.82) is 0 Å². The van der Waals surface area contributed by atoms with Crippen molar-refractivity contribution >= 4 is 5.91 Å². The largest absolute Gasteiger partial charge is 0.349 e. The fourth-order valence-electron chi connectivity index (χ4n) is 1.75. The van der Waals surface area contributed by atoms with Gasteiger partial charge in [0.1, 0.15) is 0 Å². The molecule has 1 aromatic carbocycles. The third kappa shape index (κ3) is 5.01. The van der Waals surface area contributed by atoms with Crippen LogP contribution in [0.4, 0.5) is 0 Å². The van der Waals surface area contributed by atoms with Gasteiger partial charge in [0.2, 0.25) is 0 Å². The van der Waals surface area contributed by atoms with E-state index in [4.69, 9.17) is 0 Å². The quantitative estimate of drug-likeness (QED) is 0.660. The molecular weight excluding hydrogens is 238 g/mol. The summed E-state index contributed by atoms with van der Waals surface area (Å²) >= 11 is 0. The summed E-state index contributed by atoms with van der Waals surface area (Å²) in [5.74, 6) is 0.490. The minimum absolute atomic E-state index is 0.000857. The molecular formula is C15H25N3O. The predicted octanol–water partition coefficient (Wildman–Crippen LogP) is 2.07. The summed E-state index contributed by atoms with van der Waals surface area (Å²) < 4.78 is 0. The first kappa shape index (κ1) is 15.7. The second kappa shape index (κ2) is 7.92. The first-order valence-electron chi connectivity index (χ1n) is 6.87. The van der Waals surface area contributed by atoms with Crippen molar-refractivity contribution in [3.05, 3.63) is 35.4 Å². The van der Waals surface area contributed by atoms with Crippen molar-refractivity contribution in [2.45, 2.75) is 39.8 Å². The van der Waals surface area contributed by atoms with Crippen LogP contribution in [-0.4, -0.2) is 19.0 Å². The number of amides is 1. The number of rotatable bonds is 7. The van der Waals surface area contributed by atoms with Crippen LogP contribution in [0.25, 0.3) is 0 Å². The standard InChI is InChI=1S/C15H25N3O/c1-5-11(2)12(3)18-15(19)14-8-6-13(7-9-14)10-17-16-4/h6-9,11-12,16-17H,5,10H2,1-4H3,(H,18,19). The van der Waals surface area contributed by atoms with Crippen LogP contribution < -0.4 is 16.2 Å². The summed E-state index contributed by atoms with van der Waals surface area (Å²) in [5, 5.41) is 3.04. The van der Waals surface area contributed by atoms with E-state index in [1.165, 1.54) is 0 Å². The van der Waals surface area contributed by atoms with Gasteiger partial charge in [0.05, 0.1) is 0 Å². The summed E-state index contributed by atoms with van der Waals surface area (Å²) in [4.78, 5) is 12.1. The molecule has 3 N–H and O–H groups in total. The number of hydrogen-bond donors (Lipinski definition) is 3. The molecule has 0 aliphatic rings.